The van der Waals surface area contributed by atoms with E-state index in [1.165, 1.54) is 12.1 Å². The van der Waals surface area contributed by atoms with Gasteiger partial charge in [-0.2, -0.15) is 0 Å². The fourth-order valence-corrected chi connectivity index (χ4v) is 3.38. The first-order valence-electron chi connectivity index (χ1n) is 8.11. The molecule has 3 heterocycles. The van der Waals surface area contributed by atoms with Crippen LogP contribution in [0.4, 0.5) is 0 Å². The van der Waals surface area contributed by atoms with Crippen LogP contribution in [0, 0.1) is 0 Å². The van der Waals surface area contributed by atoms with Gasteiger partial charge < -0.3 is 9.40 Å². The van der Waals surface area contributed by atoms with E-state index in [1.54, 1.807) is 6.07 Å². The molecule has 24 heavy (non-hydrogen) atoms. The molecule has 124 valence electrons. The molecule has 0 aliphatic carbocycles. The van der Waals surface area contributed by atoms with Crippen molar-refractivity contribution in [3.8, 4) is 0 Å². The molecule has 0 amide bonds. The molecule has 2 N–H and O–H groups in total. The van der Waals surface area contributed by atoms with Crippen LogP contribution in [0.1, 0.15) is 45.2 Å². The van der Waals surface area contributed by atoms with Gasteiger partial charge in [0.25, 0.3) is 5.56 Å². The van der Waals surface area contributed by atoms with E-state index in [0.717, 1.165) is 22.1 Å². The Bertz CT molecular complexity index is 1200. The minimum Gasteiger partial charge on any atom is -0.454 e. The molecule has 4 aromatic rings. The summed E-state index contributed by atoms with van der Waals surface area (Å²) in [5, 5.41) is 4.37. The summed E-state index contributed by atoms with van der Waals surface area (Å²) >= 11 is 0. The Labute approximate surface area is 137 Å². The summed E-state index contributed by atoms with van der Waals surface area (Å²) < 4.78 is 7.80. The molecule has 0 saturated carbocycles. The topological polar surface area (TPSA) is 83.8 Å². The number of H-pyrrole nitrogens is 2. The number of benzene rings is 1. The predicted molar refractivity (Wildman–Crippen MR) is 94.9 cm³/mol. The second-order valence-electron chi connectivity index (χ2n) is 6.79. The molecule has 0 unspecified atom stereocenters. The number of fused-ring (bicyclic) bond motifs is 4. The molecule has 4 rings (SSSR count). The smallest absolute Gasteiger partial charge is 0.274 e. The minimum atomic E-state index is -0.134. The van der Waals surface area contributed by atoms with E-state index in [9.17, 15) is 9.59 Å². The van der Waals surface area contributed by atoms with Crippen molar-refractivity contribution in [1.29, 1.82) is 0 Å². The average molecular weight is 325 g/mol. The zero-order valence-corrected chi connectivity index (χ0v) is 14.1. The molecule has 0 radical (unpaired) electrons. The zero-order chi connectivity index (χ0) is 17.2. The Kier molecular flexibility index (Phi) is 3.00. The summed E-state index contributed by atoms with van der Waals surface area (Å²) in [6, 6.07) is 4.88. The molecular weight excluding hydrogens is 306 g/mol. The van der Waals surface area contributed by atoms with Crippen molar-refractivity contribution in [2.45, 2.75) is 39.7 Å². The maximum atomic E-state index is 12.6. The maximum Gasteiger partial charge on any atom is 0.274 e. The summed E-state index contributed by atoms with van der Waals surface area (Å²) in [5.41, 5.74) is 3.38. The number of aromatic nitrogens is 3. The Morgan fingerprint density at radius 1 is 1.12 bits per heavy atom. The number of aromatic amines is 2. The van der Waals surface area contributed by atoms with Gasteiger partial charge in [-0.1, -0.05) is 13.8 Å². The number of furan rings is 1. The van der Waals surface area contributed by atoms with Gasteiger partial charge in [0.15, 0.2) is 11.0 Å². The van der Waals surface area contributed by atoms with E-state index in [2.05, 4.69) is 10.1 Å². The summed E-state index contributed by atoms with van der Waals surface area (Å²) in [6.07, 6.45) is 0. The van der Waals surface area contributed by atoms with Crippen molar-refractivity contribution in [1.82, 2.24) is 14.8 Å². The van der Waals surface area contributed by atoms with Gasteiger partial charge in [0.2, 0.25) is 0 Å². The molecule has 0 atom stereocenters. The van der Waals surface area contributed by atoms with E-state index in [0.29, 0.717) is 16.6 Å². The van der Waals surface area contributed by atoms with Gasteiger partial charge in [0.05, 0.1) is 10.9 Å². The van der Waals surface area contributed by atoms with E-state index >= 15 is 0 Å². The molecule has 3 aromatic heterocycles. The van der Waals surface area contributed by atoms with Crippen LogP contribution in [0.15, 0.2) is 32.2 Å². The van der Waals surface area contributed by atoms with Crippen molar-refractivity contribution >= 4 is 33.1 Å². The second-order valence-corrected chi connectivity index (χ2v) is 6.79. The Hall–Kier alpha value is -2.76. The van der Waals surface area contributed by atoms with Gasteiger partial charge in [-0.25, -0.2) is 0 Å². The number of hydrogen-bond donors (Lipinski definition) is 2. The highest BCUT2D eigenvalue weighted by atomic mass is 16.3. The maximum absolute atomic E-state index is 12.6. The predicted octanol–water partition coefficient (Wildman–Crippen LogP) is 3.62. The van der Waals surface area contributed by atoms with Gasteiger partial charge in [-0.3, -0.25) is 19.4 Å². The quantitative estimate of drug-likeness (QED) is 0.590. The monoisotopic (exact) mass is 325 g/mol. The van der Waals surface area contributed by atoms with Gasteiger partial charge in [-0.05, 0) is 31.9 Å². The first-order valence-corrected chi connectivity index (χ1v) is 8.11. The highest BCUT2D eigenvalue weighted by Crippen LogP contribution is 2.35. The molecule has 0 bridgehead atoms. The van der Waals surface area contributed by atoms with Crippen LogP contribution in [-0.2, 0) is 0 Å². The van der Waals surface area contributed by atoms with Gasteiger partial charge in [0.1, 0.15) is 11.2 Å². The Morgan fingerprint density at radius 2 is 1.88 bits per heavy atom. The van der Waals surface area contributed by atoms with Crippen LogP contribution < -0.4 is 11.0 Å². The number of nitrogens with zero attached hydrogens (tertiary/aromatic N) is 1. The third-order valence-electron chi connectivity index (χ3n) is 4.44. The van der Waals surface area contributed by atoms with Crippen molar-refractivity contribution in [3.05, 3.63) is 44.3 Å². The molecule has 0 spiro atoms. The number of hydrogen-bond acceptors (Lipinski definition) is 3. The lowest BCUT2D eigenvalue weighted by Crippen LogP contribution is -2.08. The lowest BCUT2D eigenvalue weighted by molar-refractivity contribution is 0.542. The normalized spacial score (nSPS) is 12.4. The molecule has 0 aliphatic rings. The van der Waals surface area contributed by atoms with Crippen molar-refractivity contribution in [2.24, 2.45) is 0 Å². The minimum absolute atomic E-state index is 0.0956. The van der Waals surface area contributed by atoms with Gasteiger partial charge >= 0.3 is 0 Å². The van der Waals surface area contributed by atoms with Crippen LogP contribution in [0.2, 0.25) is 0 Å². The lowest BCUT2D eigenvalue weighted by Gasteiger charge is -2.11. The number of pyridine rings is 1. The van der Waals surface area contributed by atoms with E-state index < -0.39 is 0 Å². The van der Waals surface area contributed by atoms with Gasteiger partial charge in [0, 0.05) is 23.1 Å². The summed E-state index contributed by atoms with van der Waals surface area (Å²) in [5.74, 6) is 0.0981. The van der Waals surface area contributed by atoms with Crippen LogP contribution >= 0.6 is 0 Å². The fourth-order valence-electron chi connectivity index (χ4n) is 3.38. The molecule has 6 heteroatoms. The highest BCUT2D eigenvalue weighted by Gasteiger charge is 2.22. The molecular formula is C18H19N3O3. The molecule has 0 aliphatic heterocycles. The number of rotatable bonds is 2. The SMILES string of the molecule is CC(C)c1c2oc3cc(=O)ccc3c2[nH]c2c1c(=O)[nH]n2C(C)C. The summed E-state index contributed by atoms with van der Waals surface area (Å²) in [4.78, 5) is 27.5. The third-order valence-corrected chi connectivity index (χ3v) is 4.44. The third kappa shape index (κ3) is 1.89. The van der Waals surface area contributed by atoms with Crippen LogP contribution in [0.3, 0.4) is 0 Å². The standard InChI is InChI=1S/C18H19N3O3/c1-8(2)13-14-17(21(9(3)4)20-18(14)23)19-15-11-6-5-10(22)7-12(11)24-16(13)15/h5-9,19H,1-4H3,(H,20,23). The summed E-state index contributed by atoms with van der Waals surface area (Å²) in [7, 11) is 0. The molecule has 1 aromatic carbocycles. The Balaban J connectivity index is 2.31. The molecule has 0 saturated heterocycles. The number of nitrogens with one attached hydrogen (secondary N) is 2. The lowest BCUT2D eigenvalue weighted by atomic mass is 9.99. The fraction of sp³-hybridized carbons (Fsp3) is 0.333. The van der Waals surface area contributed by atoms with Crippen molar-refractivity contribution in [2.75, 3.05) is 0 Å². The Morgan fingerprint density at radius 3 is 2.54 bits per heavy atom. The van der Waals surface area contributed by atoms with Crippen molar-refractivity contribution in [3.63, 3.8) is 0 Å². The van der Waals surface area contributed by atoms with Crippen molar-refractivity contribution < 1.29 is 4.42 Å². The second kappa shape index (κ2) is 4.87. The van der Waals surface area contributed by atoms with E-state index in [1.807, 2.05) is 32.4 Å². The summed E-state index contributed by atoms with van der Waals surface area (Å²) in [6.45, 7) is 8.10. The van der Waals surface area contributed by atoms with Crippen LogP contribution in [-0.4, -0.2) is 14.8 Å². The van der Waals surface area contributed by atoms with Crippen LogP contribution in [0.5, 0.6) is 0 Å². The zero-order valence-electron chi connectivity index (χ0n) is 14.1. The average Bonchev–Trinajstić information content (AvgIpc) is 3.02. The first kappa shape index (κ1) is 14.8. The highest BCUT2D eigenvalue weighted by molar-refractivity contribution is 6.07. The van der Waals surface area contributed by atoms with Gasteiger partial charge in [-0.15, -0.1) is 0 Å². The first-order chi connectivity index (χ1) is 11.4. The molecule has 0 fully saturated rings. The van der Waals surface area contributed by atoms with E-state index in [-0.39, 0.29) is 22.9 Å². The van der Waals surface area contributed by atoms with E-state index in [4.69, 9.17) is 4.42 Å². The van der Waals surface area contributed by atoms with Crippen LogP contribution in [0.25, 0.3) is 33.1 Å². The molecule has 6 nitrogen and oxygen atoms in total. The largest absolute Gasteiger partial charge is 0.454 e.